The minimum absolute atomic E-state index is 1.02. The highest BCUT2D eigenvalue weighted by molar-refractivity contribution is 5.90. The lowest BCUT2D eigenvalue weighted by Gasteiger charge is -1.97. The molecule has 0 saturated carbocycles. The number of rotatable bonds is 0. The molecule has 0 amide bonds. The smallest absolute Gasteiger partial charge is 0.0974 e. The Kier molecular flexibility index (Phi) is 1.01. The summed E-state index contributed by atoms with van der Waals surface area (Å²) in [6, 6.07) is 6.07. The maximum absolute atomic E-state index is 3.97. The van der Waals surface area contributed by atoms with E-state index in [1.165, 1.54) is 5.56 Å². The van der Waals surface area contributed by atoms with E-state index < -0.39 is 0 Å². The van der Waals surface area contributed by atoms with Crippen molar-refractivity contribution >= 4 is 11.9 Å². The number of benzene rings is 1. The second-order valence-corrected chi connectivity index (χ2v) is 2.36. The van der Waals surface area contributed by atoms with Crippen molar-refractivity contribution < 1.29 is 0 Å². The quantitative estimate of drug-likeness (QED) is 0.511. The van der Waals surface area contributed by atoms with Gasteiger partial charge in [-0.25, -0.2) is 0 Å². The van der Waals surface area contributed by atoms with Gasteiger partial charge >= 0.3 is 0 Å². The first-order valence-corrected chi connectivity index (χ1v) is 3.21. The Hall–Kier alpha value is -1.31. The Balaban J connectivity index is 2.66. The van der Waals surface area contributed by atoms with Gasteiger partial charge in [0.05, 0.1) is 11.9 Å². The van der Waals surface area contributed by atoms with Gasteiger partial charge in [0.2, 0.25) is 0 Å². The standard InChI is InChI=1S/C8H7N2/c1-6-3-2-4-7-5-9-10-8(6)7/h2-5H,1H3. The molecule has 0 saturated heterocycles. The van der Waals surface area contributed by atoms with E-state index >= 15 is 0 Å². The van der Waals surface area contributed by atoms with E-state index in [9.17, 15) is 0 Å². The maximum Gasteiger partial charge on any atom is 0.0974 e. The van der Waals surface area contributed by atoms with Gasteiger partial charge in [0.25, 0.3) is 0 Å². The van der Waals surface area contributed by atoms with Gasteiger partial charge in [-0.15, -0.1) is 0 Å². The summed E-state index contributed by atoms with van der Waals surface area (Å²) in [5, 5.41) is 3.81. The first-order chi connectivity index (χ1) is 4.88. The number of hydrogen-bond donors (Lipinski definition) is 0. The zero-order chi connectivity index (χ0) is 6.97. The van der Waals surface area contributed by atoms with Crippen LogP contribution in [0.4, 0.5) is 5.69 Å². The summed E-state index contributed by atoms with van der Waals surface area (Å²) in [7, 11) is 0. The molecule has 0 atom stereocenters. The molecule has 2 heteroatoms. The summed E-state index contributed by atoms with van der Waals surface area (Å²) in [5.74, 6) is 0. The molecule has 0 spiro atoms. The summed E-state index contributed by atoms with van der Waals surface area (Å²) in [5.41, 5.74) is 7.30. The summed E-state index contributed by atoms with van der Waals surface area (Å²) < 4.78 is 0. The number of fused-ring (bicyclic) bond motifs is 1. The molecule has 0 N–H and O–H groups in total. The van der Waals surface area contributed by atoms with Gasteiger partial charge in [0.15, 0.2) is 0 Å². The van der Waals surface area contributed by atoms with Crippen molar-refractivity contribution in [2.45, 2.75) is 6.92 Å². The highest BCUT2D eigenvalue weighted by Crippen LogP contribution is 2.22. The Morgan fingerprint density at radius 2 is 2.20 bits per heavy atom. The van der Waals surface area contributed by atoms with Gasteiger partial charge in [-0.1, -0.05) is 18.2 Å². The third-order valence-corrected chi connectivity index (χ3v) is 1.62. The molecule has 0 unspecified atom stereocenters. The van der Waals surface area contributed by atoms with Crippen LogP contribution in [0.3, 0.4) is 0 Å². The molecule has 0 fully saturated rings. The van der Waals surface area contributed by atoms with E-state index in [1.54, 1.807) is 6.21 Å². The molecule has 0 aromatic heterocycles. The topological polar surface area (TPSA) is 26.5 Å². The van der Waals surface area contributed by atoms with Crippen LogP contribution in [0.1, 0.15) is 11.1 Å². The minimum Gasteiger partial charge on any atom is -0.158 e. The van der Waals surface area contributed by atoms with Crippen molar-refractivity contribution in [2.24, 2.45) is 5.10 Å². The highest BCUT2D eigenvalue weighted by Gasteiger charge is 2.08. The largest absolute Gasteiger partial charge is 0.158 e. The van der Waals surface area contributed by atoms with Crippen molar-refractivity contribution in [3.8, 4) is 0 Å². The fourth-order valence-corrected chi connectivity index (χ4v) is 1.07. The third kappa shape index (κ3) is 0.620. The number of hydrogen-bond acceptors (Lipinski definition) is 1. The lowest BCUT2D eigenvalue weighted by Crippen LogP contribution is -1.85. The van der Waals surface area contributed by atoms with Crippen LogP contribution in [-0.4, -0.2) is 6.21 Å². The van der Waals surface area contributed by atoms with Crippen molar-refractivity contribution in [2.75, 3.05) is 0 Å². The Labute approximate surface area is 59.6 Å². The molecule has 1 aromatic carbocycles. The summed E-state index contributed by atoms with van der Waals surface area (Å²) in [4.78, 5) is 0. The normalized spacial score (nSPS) is 12.9. The van der Waals surface area contributed by atoms with E-state index in [1.807, 2.05) is 25.1 Å². The molecule has 1 aromatic rings. The predicted molar refractivity (Wildman–Crippen MR) is 40.6 cm³/mol. The third-order valence-electron chi connectivity index (χ3n) is 1.62. The van der Waals surface area contributed by atoms with E-state index in [4.69, 9.17) is 0 Å². The van der Waals surface area contributed by atoms with Crippen LogP contribution in [0.5, 0.6) is 0 Å². The summed E-state index contributed by atoms with van der Waals surface area (Å²) >= 11 is 0. The van der Waals surface area contributed by atoms with Crippen molar-refractivity contribution in [1.82, 2.24) is 5.43 Å². The maximum atomic E-state index is 3.97. The summed E-state index contributed by atoms with van der Waals surface area (Å²) in [6.07, 6.45) is 1.78. The number of aryl methyl sites for hydroxylation is 1. The Bertz CT molecular complexity index is 289. The van der Waals surface area contributed by atoms with Crippen LogP contribution in [0.15, 0.2) is 23.3 Å². The monoisotopic (exact) mass is 131 g/mol. The predicted octanol–water partition coefficient (Wildman–Crippen LogP) is 1.58. The van der Waals surface area contributed by atoms with E-state index in [2.05, 4.69) is 10.5 Å². The van der Waals surface area contributed by atoms with Gasteiger partial charge in [0, 0.05) is 5.56 Å². The Morgan fingerprint density at radius 1 is 1.30 bits per heavy atom. The molecule has 1 aliphatic rings. The molecule has 2 nitrogen and oxygen atoms in total. The van der Waals surface area contributed by atoms with E-state index in [0.717, 1.165) is 11.3 Å². The van der Waals surface area contributed by atoms with Gasteiger partial charge in [-0.3, -0.25) is 0 Å². The molecular weight excluding hydrogens is 124 g/mol. The zero-order valence-corrected chi connectivity index (χ0v) is 5.70. The van der Waals surface area contributed by atoms with Crippen LogP contribution in [0, 0.1) is 6.92 Å². The van der Waals surface area contributed by atoms with Crippen LogP contribution >= 0.6 is 0 Å². The van der Waals surface area contributed by atoms with Crippen LogP contribution in [-0.2, 0) is 0 Å². The molecule has 0 aliphatic carbocycles. The van der Waals surface area contributed by atoms with Crippen molar-refractivity contribution in [1.29, 1.82) is 0 Å². The molecule has 2 rings (SSSR count). The van der Waals surface area contributed by atoms with Crippen molar-refractivity contribution in [3.63, 3.8) is 0 Å². The second kappa shape index (κ2) is 1.84. The first kappa shape index (κ1) is 5.47. The molecule has 1 aliphatic heterocycles. The van der Waals surface area contributed by atoms with Gasteiger partial charge in [-0.05, 0) is 12.5 Å². The second-order valence-electron chi connectivity index (χ2n) is 2.36. The van der Waals surface area contributed by atoms with E-state index in [0.29, 0.717) is 0 Å². The van der Waals surface area contributed by atoms with Crippen LogP contribution in [0.25, 0.3) is 0 Å². The van der Waals surface area contributed by atoms with Gasteiger partial charge < -0.3 is 0 Å². The van der Waals surface area contributed by atoms with E-state index in [-0.39, 0.29) is 0 Å². The van der Waals surface area contributed by atoms with Gasteiger partial charge in [-0.2, -0.15) is 10.5 Å². The zero-order valence-electron chi connectivity index (χ0n) is 5.70. The van der Waals surface area contributed by atoms with Crippen molar-refractivity contribution in [3.05, 3.63) is 29.3 Å². The van der Waals surface area contributed by atoms with Crippen LogP contribution < -0.4 is 5.43 Å². The molecule has 1 heterocycles. The van der Waals surface area contributed by atoms with Crippen LogP contribution in [0.2, 0.25) is 0 Å². The molecule has 1 radical (unpaired) electrons. The lowest BCUT2D eigenvalue weighted by molar-refractivity contribution is 0.981. The number of nitrogens with zero attached hydrogens (tertiary/aromatic N) is 2. The molecule has 49 valence electrons. The molecule has 10 heavy (non-hydrogen) atoms. The molecule has 0 bridgehead atoms. The average Bonchev–Trinajstić information content (AvgIpc) is 2.36. The summed E-state index contributed by atoms with van der Waals surface area (Å²) in [6.45, 7) is 2.04. The lowest BCUT2D eigenvalue weighted by atomic mass is 10.1. The fraction of sp³-hybridized carbons (Fsp3) is 0.125. The average molecular weight is 131 g/mol. The Morgan fingerprint density at radius 3 is 3.00 bits per heavy atom. The minimum atomic E-state index is 1.02. The highest BCUT2D eigenvalue weighted by atomic mass is 15.3. The SMILES string of the molecule is Cc1cccc2c1[N]N=C2. The first-order valence-electron chi connectivity index (χ1n) is 3.21. The van der Waals surface area contributed by atoms with Gasteiger partial charge in [0.1, 0.15) is 0 Å². The fourth-order valence-electron chi connectivity index (χ4n) is 1.07. The molecular formula is C8H7N2.